The number of rotatable bonds is 7. The number of amides is 1. The van der Waals surface area contributed by atoms with Crippen molar-refractivity contribution < 1.29 is 9.59 Å². The Balaban J connectivity index is 1.67. The minimum absolute atomic E-state index is 0.0854. The molecular weight excluding hydrogens is 380 g/mol. The highest BCUT2D eigenvalue weighted by atomic mass is 32.2. The minimum atomic E-state index is -0.387. The Morgan fingerprint density at radius 2 is 2.00 bits per heavy atom. The number of thiophene rings is 1. The van der Waals surface area contributed by atoms with Crippen LogP contribution in [0.3, 0.4) is 0 Å². The molecule has 3 aromatic rings. The first-order chi connectivity index (χ1) is 13.0. The van der Waals surface area contributed by atoms with E-state index in [0.29, 0.717) is 22.8 Å². The molecule has 2 heterocycles. The molecule has 1 N–H and O–H groups in total. The molecule has 0 aliphatic heterocycles. The summed E-state index contributed by atoms with van der Waals surface area (Å²) in [4.78, 5) is 25.5. The first-order valence-corrected chi connectivity index (χ1v) is 10.2. The van der Waals surface area contributed by atoms with Gasteiger partial charge < -0.3 is 9.88 Å². The maximum atomic E-state index is 12.6. The zero-order valence-electron chi connectivity index (χ0n) is 15.3. The summed E-state index contributed by atoms with van der Waals surface area (Å²) < 4.78 is 1.91. The van der Waals surface area contributed by atoms with Gasteiger partial charge in [-0.3, -0.25) is 9.59 Å². The van der Waals surface area contributed by atoms with Crippen molar-refractivity contribution in [1.82, 2.24) is 14.8 Å². The van der Waals surface area contributed by atoms with E-state index in [2.05, 4.69) is 21.6 Å². The van der Waals surface area contributed by atoms with Crippen molar-refractivity contribution in [2.24, 2.45) is 7.05 Å². The van der Waals surface area contributed by atoms with Gasteiger partial charge in [-0.2, -0.15) is 0 Å². The Hall–Kier alpha value is -2.45. The lowest BCUT2D eigenvalue weighted by Gasteiger charge is -2.13. The van der Waals surface area contributed by atoms with E-state index in [0.717, 1.165) is 5.82 Å². The SMILES string of the molecule is CC(=O)c1ccccc1NC(=O)[C@H](C)Sc1nnc(Cc2cccs2)n1C. The van der Waals surface area contributed by atoms with Gasteiger partial charge in [-0.05, 0) is 37.4 Å². The molecule has 2 aromatic heterocycles. The summed E-state index contributed by atoms with van der Waals surface area (Å²) in [5.74, 6) is 0.587. The van der Waals surface area contributed by atoms with Gasteiger partial charge in [0.15, 0.2) is 10.9 Å². The first-order valence-electron chi connectivity index (χ1n) is 8.44. The number of carbonyl (C=O) groups is 2. The zero-order chi connectivity index (χ0) is 19.4. The van der Waals surface area contributed by atoms with Crippen molar-refractivity contribution >= 4 is 40.5 Å². The second kappa shape index (κ2) is 8.49. The van der Waals surface area contributed by atoms with E-state index in [-0.39, 0.29) is 16.9 Å². The predicted molar refractivity (Wildman–Crippen MR) is 109 cm³/mol. The number of ketones is 1. The third-order valence-electron chi connectivity index (χ3n) is 4.05. The van der Waals surface area contributed by atoms with Crippen LogP contribution in [0, 0.1) is 0 Å². The van der Waals surface area contributed by atoms with E-state index in [1.807, 2.05) is 30.0 Å². The van der Waals surface area contributed by atoms with Crippen LogP contribution in [-0.4, -0.2) is 31.7 Å². The smallest absolute Gasteiger partial charge is 0.237 e. The Labute approximate surface area is 166 Å². The Bertz CT molecular complexity index is 951. The summed E-state index contributed by atoms with van der Waals surface area (Å²) in [5.41, 5.74) is 1.03. The highest BCUT2D eigenvalue weighted by Crippen LogP contribution is 2.25. The van der Waals surface area contributed by atoms with Crippen LogP contribution in [-0.2, 0) is 18.3 Å². The van der Waals surface area contributed by atoms with Crippen molar-refractivity contribution in [1.29, 1.82) is 0 Å². The van der Waals surface area contributed by atoms with Gasteiger partial charge in [0.25, 0.3) is 0 Å². The van der Waals surface area contributed by atoms with Gasteiger partial charge in [0.05, 0.1) is 10.9 Å². The molecule has 27 heavy (non-hydrogen) atoms. The lowest BCUT2D eigenvalue weighted by Crippen LogP contribution is -2.23. The van der Waals surface area contributed by atoms with E-state index in [9.17, 15) is 9.59 Å². The molecule has 0 aliphatic rings. The summed E-state index contributed by atoms with van der Waals surface area (Å²) >= 11 is 3.02. The van der Waals surface area contributed by atoms with Gasteiger partial charge in [-0.1, -0.05) is 30.0 Å². The molecule has 0 radical (unpaired) electrons. The molecule has 1 amide bonds. The topological polar surface area (TPSA) is 76.9 Å². The lowest BCUT2D eigenvalue weighted by atomic mass is 10.1. The highest BCUT2D eigenvalue weighted by Gasteiger charge is 2.20. The van der Waals surface area contributed by atoms with Gasteiger partial charge in [0.2, 0.25) is 5.91 Å². The van der Waals surface area contributed by atoms with E-state index >= 15 is 0 Å². The normalized spacial score (nSPS) is 12.0. The van der Waals surface area contributed by atoms with E-state index < -0.39 is 0 Å². The number of para-hydroxylation sites is 1. The molecular formula is C19H20N4O2S2. The number of benzene rings is 1. The van der Waals surface area contributed by atoms with Crippen LogP contribution in [0.5, 0.6) is 0 Å². The predicted octanol–water partition coefficient (Wildman–Crippen LogP) is 3.79. The van der Waals surface area contributed by atoms with Crippen LogP contribution >= 0.6 is 23.1 Å². The number of nitrogens with zero attached hydrogens (tertiary/aromatic N) is 3. The number of carbonyl (C=O) groups excluding carboxylic acids is 2. The van der Waals surface area contributed by atoms with Crippen LogP contribution < -0.4 is 5.32 Å². The maximum Gasteiger partial charge on any atom is 0.237 e. The van der Waals surface area contributed by atoms with E-state index in [4.69, 9.17) is 0 Å². The van der Waals surface area contributed by atoms with Crippen LogP contribution in [0.25, 0.3) is 0 Å². The molecule has 1 aromatic carbocycles. The molecule has 6 nitrogen and oxygen atoms in total. The number of thioether (sulfide) groups is 1. The van der Waals surface area contributed by atoms with Crippen molar-refractivity contribution in [2.45, 2.75) is 30.7 Å². The van der Waals surface area contributed by atoms with Crippen molar-refractivity contribution in [3.8, 4) is 0 Å². The second-order valence-electron chi connectivity index (χ2n) is 6.07. The Morgan fingerprint density at radius 1 is 1.22 bits per heavy atom. The van der Waals surface area contributed by atoms with Gasteiger partial charge in [-0.25, -0.2) is 0 Å². The van der Waals surface area contributed by atoms with Crippen LogP contribution in [0.15, 0.2) is 46.9 Å². The summed E-state index contributed by atoms with van der Waals surface area (Å²) in [5, 5.41) is 13.6. The minimum Gasteiger partial charge on any atom is -0.324 e. The van der Waals surface area contributed by atoms with Crippen molar-refractivity contribution in [3.63, 3.8) is 0 Å². The molecule has 0 fully saturated rings. The average Bonchev–Trinajstić information content (AvgIpc) is 3.27. The fourth-order valence-corrected chi connectivity index (χ4v) is 4.05. The number of nitrogens with one attached hydrogen (secondary N) is 1. The highest BCUT2D eigenvalue weighted by molar-refractivity contribution is 8.00. The van der Waals surface area contributed by atoms with Gasteiger partial charge in [0, 0.05) is 23.9 Å². The molecule has 0 saturated heterocycles. The largest absolute Gasteiger partial charge is 0.324 e. The molecule has 0 saturated carbocycles. The number of anilines is 1. The molecule has 8 heteroatoms. The summed E-state index contributed by atoms with van der Waals surface area (Å²) in [6.45, 7) is 3.29. The third-order valence-corrected chi connectivity index (χ3v) is 6.06. The Morgan fingerprint density at radius 3 is 2.70 bits per heavy atom. The number of Topliss-reactive ketones (excluding diaryl/α,β-unsaturated/α-hetero) is 1. The maximum absolute atomic E-state index is 12.6. The van der Waals surface area contributed by atoms with E-state index in [1.165, 1.54) is 23.6 Å². The molecule has 0 aliphatic carbocycles. The lowest BCUT2D eigenvalue weighted by molar-refractivity contribution is -0.115. The molecule has 0 spiro atoms. The van der Waals surface area contributed by atoms with Crippen molar-refractivity contribution in [2.75, 3.05) is 5.32 Å². The fourth-order valence-electron chi connectivity index (χ4n) is 2.52. The first kappa shape index (κ1) is 19.3. The van der Waals surface area contributed by atoms with Crippen LogP contribution in [0.1, 0.15) is 34.9 Å². The summed E-state index contributed by atoms with van der Waals surface area (Å²) in [6, 6.07) is 11.1. The molecule has 3 rings (SSSR count). The average molecular weight is 401 g/mol. The molecule has 0 unspecified atom stereocenters. The number of hydrogen-bond acceptors (Lipinski definition) is 6. The second-order valence-corrected chi connectivity index (χ2v) is 8.41. The number of aromatic nitrogens is 3. The zero-order valence-corrected chi connectivity index (χ0v) is 16.9. The standard InChI is InChI=1S/C19H20N4O2S2/c1-12(24)15-8-4-5-9-16(15)20-18(25)13(2)27-19-22-21-17(23(19)3)11-14-7-6-10-26-14/h4-10,13H,11H2,1-3H3,(H,20,25)/t13-/m0/s1. The monoisotopic (exact) mass is 400 g/mol. The summed E-state index contributed by atoms with van der Waals surface area (Å²) in [7, 11) is 1.90. The van der Waals surface area contributed by atoms with Crippen molar-refractivity contribution in [3.05, 3.63) is 58.0 Å². The third kappa shape index (κ3) is 4.64. The van der Waals surface area contributed by atoms with Gasteiger partial charge in [-0.15, -0.1) is 21.5 Å². The van der Waals surface area contributed by atoms with E-state index in [1.54, 1.807) is 35.6 Å². The molecule has 1 atom stereocenters. The summed E-state index contributed by atoms with van der Waals surface area (Å²) in [6.07, 6.45) is 0.717. The number of hydrogen-bond donors (Lipinski definition) is 1. The quantitative estimate of drug-likeness (QED) is 0.482. The van der Waals surface area contributed by atoms with Gasteiger partial charge >= 0.3 is 0 Å². The van der Waals surface area contributed by atoms with Crippen LogP contribution in [0.4, 0.5) is 5.69 Å². The van der Waals surface area contributed by atoms with Gasteiger partial charge in [0.1, 0.15) is 5.82 Å². The molecule has 0 bridgehead atoms. The fraction of sp³-hybridized carbons (Fsp3) is 0.263. The Kier molecular flexibility index (Phi) is 6.08. The van der Waals surface area contributed by atoms with Crippen LogP contribution in [0.2, 0.25) is 0 Å². The molecule has 140 valence electrons.